The summed E-state index contributed by atoms with van der Waals surface area (Å²) in [4.78, 5) is 4.31. The van der Waals surface area contributed by atoms with Gasteiger partial charge in [-0.3, -0.25) is 4.99 Å². The molecule has 68 valence electrons. The standard InChI is InChI=1S/C9H15NOS/c1-4-11-5-8-6-12-9(2,3)7-10-8/h6-7H,4-5H2,1-3H3. The summed E-state index contributed by atoms with van der Waals surface area (Å²) in [7, 11) is 0. The monoisotopic (exact) mass is 185 g/mol. The Morgan fingerprint density at radius 3 is 2.83 bits per heavy atom. The van der Waals surface area contributed by atoms with Crippen LogP contribution in [0, 0.1) is 0 Å². The Bertz CT molecular complexity index is 209. The highest BCUT2D eigenvalue weighted by atomic mass is 32.2. The molecule has 2 nitrogen and oxygen atoms in total. The summed E-state index contributed by atoms with van der Waals surface area (Å²) in [6.45, 7) is 7.67. The SMILES string of the molecule is CCOCC1=CSC(C)(C)C=N1. The van der Waals surface area contributed by atoms with Gasteiger partial charge in [-0.05, 0) is 26.2 Å². The van der Waals surface area contributed by atoms with E-state index >= 15 is 0 Å². The molecule has 0 atom stereocenters. The van der Waals surface area contributed by atoms with Crippen LogP contribution in [0.4, 0.5) is 0 Å². The Labute approximate surface area is 78.1 Å². The van der Waals surface area contributed by atoms with Crippen molar-refractivity contribution in [2.45, 2.75) is 25.5 Å². The van der Waals surface area contributed by atoms with E-state index in [-0.39, 0.29) is 4.75 Å². The number of hydrogen-bond acceptors (Lipinski definition) is 3. The number of ether oxygens (including phenoxy) is 1. The summed E-state index contributed by atoms with van der Waals surface area (Å²) in [6.07, 6.45) is 1.98. The molecule has 0 aliphatic carbocycles. The van der Waals surface area contributed by atoms with Crippen LogP contribution in [0.5, 0.6) is 0 Å². The maximum Gasteiger partial charge on any atom is 0.0892 e. The van der Waals surface area contributed by atoms with Crippen molar-refractivity contribution in [1.29, 1.82) is 0 Å². The molecule has 0 unspecified atom stereocenters. The third-order valence-electron chi connectivity index (χ3n) is 1.49. The topological polar surface area (TPSA) is 21.6 Å². The van der Waals surface area contributed by atoms with Crippen LogP contribution >= 0.6 is 11.8 Å². The molecule has 1 aliphatic rings. The Morgan fingerprint density at radius 1 is 1.58 bits per heavy atom. The van der Waals surface area contributed by atoms with Crippen LogP contribution in [0.2, 0.25) is 0 Å². The summed E-state index contributed by atoms with van der Waals surface area (Å²) in [5.41, 5.74) is 1.03. The molecule has 0 saturated heterocycles. The molecule has 1 aliphatic heterocycles. The van der Waals surface area contributed by atoms with Crippen molar-refractivity contribution < 1.29 is 4.74 Å². The fraction of sp³-hybridized carbons (Fsp3) is 0.667. The third kappa shape index (κ3) is 2.99. The number of nitrogens with zero attached hydrogens (tertiary/aromatic N) is 1. The summed E-state index contributed by atoms with van der Waals surface area (Å²) >= 11 is 1.79. The number of thioether (sulfide) groups is 1. The summed E-state index contributed by atoms with van der Waals surface area (Å²) in [5.74, 6) is 0. The maximum atomic E-state index is 5.25. The molecule has 0 fully saturated rings. The molecule has 1 rings (SSSR count). The zero-order valence-corrected chi connectivity index (χ0v) is 8.65. The average molecular weight is 185 g/mol. The molecule has 0 bridgehead atoms. The lowest BCUT2D eigenvalue weighted by atomic mass is 10.2. The molecular weight excluding hydrogens is 170 g/mol. The predicted octanol–water partition coefficient (Wildman–Crippen LogP) is 2.46. The lowest BCUT2D eigenvalue weighted by Gasteiger charge is -2.20. The lowest BCUT2D eigenvalue weighted by molar-refractivity contribution is 0.170. The lowest BCUT2D eigenvalue weighted by Crippen LogP contribution is -2.18. The first kappa shape index (κ1) is 9.81. The van der Waals surface area contributed by atoms with Gasteiger partial charge in [-0.2, -0.15) is 0 Å². The third-order valence-corrected chi connectivity index (χ3v) is 2.60. The van der Waals surface area contributed by atoms with E-state index in [0.29, 0.717) is 6.61 Å². The predicted molar refractivity (Wildman–Crippen MR) is 54.7 cm³/mol. The molecule has 3 heteroatoms. The minimum Gasteiger partial charge on any atom is -0.375 e. The van der Waals surface area contributed by atoms with E-state index in [1.807, 2.05) is 13.1 Å². The molecule has 12 heavy (non-hydrogen) atoms. The Kier molecular flexibility index (Phi) is 3.35. The van der Waals surface area contributed by atoms with Gasteiger partial charge in [0.25, 0.3) is 0 Å². The highest BCUT2D eigenvalue weighted by molar-refractivity contribution is 8.04. The molecule has 0 saturated carbocycles. The highest BCUT2D eigenvalue weighted by Crippen LogP contribution is 2.28. The molecule has 1 heterocycles. The Morgan fingerprint density at radius 2 is 2.33 bits per heavy atom. The van der Waals surface area contributed by atoms with Crippen LogP contribution in [0.25, 0.3) is 0 Å². The second-order valence-electron chi connectivity index (χ2n) is 3.23. The van der Waals surface area contributed by atoms with E-state index < -0.39 is 0 Å². The molecule has 0 aromatic heterocycles. The largest absolute Gasteiger partial charge is 0.375 e. The molecule has 0 N–H and O–H groups in total. The molecular formula is C9H15NOS. The van der Waals surface area contributed by atoms with Gasteiger partial charge in [0.05, 0.1) is 12.3 Å². The van der Waals surface area contributed by atoms with E-state index in [9.17, 15) is 0 Å². The zero-order chi connectivity index (χ0) is 9.03. The first-order valence-corrected chi connectivity index (χ1v) is 5.02. The number of aliphatic imine (C=N–C) groups is 1. The Balaban J connectivity index is 2.42. The van der Waals surface area contributed by atoms with Crippen LogP contribution in [-0.2, 0) is 4.74 Å². The maximum absolute atomic E-state index is 5.25. The van der Waals surface area contributed by atoms with Crippen molar-refractivity contribution in [2.75, 3.05) is 13.2 Å². The molecule has 0 spiro atoms. The van der Waals surface area contributed by atoms with Gasteiger partial charge in [0.15, 0.2) is 0 Å². The fourth-order valence-corrected chi connectivity index (χ4v) is 1.48. The first-order chi connectivity index (χ1) is 5.64. The van der Waals surface area contributed by atoms with Crippen LogP contribution in [0.15, 0.2) is 16.1 Å². The van der Waals surface area contributed by atoms with Gasteiger partial charge in [-0.15, -0.1) is 11.8 Å². The first-order valence-electron chi connectivity index (χ1n) is 4.14. The van der Waals surface area contributed by atoms with E-state index in [0.717, 1.165) is 12.3 Å². The van der Waals surface area contributed by atoms with Crippen molar-refractivity contribution in [3.63, 3.8) is 0 Å². The normalized spacial score (nSPS) is 20.8. The molecule has 0 radical (unpaired) electrons. The van der Waals surface area contributed by atoms with Gasteiger partial charge in [0.1, 0.15) is 0 Å². The van der Waals surface area contributed by atoms with Crippen molar-refractivity contribution >= 4 is 18.0 Å². The second kappa shape index (κ2) is 4.10. The van der Waals surface area contributed by atoms with Crippen LogP contribution in [0.1, 0.15) is 20.8 Å². The summed E-state index contributed by atoms with van der Waals surface area (Å²) < 4.78 is 5.39. The van der Waals surface area contributed by atoms with E-state index in [2.05, 4.69) is 24.2 Å². The van der Waals surface area contributed by atoms with Crippen molar-refractivity contribution in [2.24, 2.45) is 4.99 Å². The highest BCUT2D eigenvalue weighted by Gasteiger charge is 2.17. The quantitative estimate of drug-likeness (QED) is 0.673. The van der Waals surface area contributed by atoms with Crippen LogP contribution in [-0.4, -0.2) is 24.2 Å². The summed E-state index contributed by atoms with van der Waals surface area (Å²) in [5, 5.41) is 2.08. The smallest absolute Gasteiger partial charge is 0.0892 e. The fourth-order valence-electron chi connectivity index (χ4n) is 0.797. The number of hydrogen-bond donors (Lipinski definition) is 0. The van der Waals surface area contributed by atoms with Gasteiger partial charge in [-0.25, -0.2) is 0 Å². The van der Waals surface area contributed by atoms with Crippen LogP contribution in [0.3, 0.4) is 0 Å². The van der Waals surface area contributed by atoms with Gasteiger partial charge in [-0.1, -0.05) is 0 Å². The minimum atomic E-state index is 0.149. The number of rotatable bonds is 3. The van der Waals surface area contributed by atoms with Gasteiger partial charge >= 0.3 is 0 Å². The van der Waals surface area contributed by atoms with Gasteiger partial charge < -0.3 is 4.74 Å². The minimum absolute atomic E-state index is 0.149. The summed E-state index contributed by atoms with van der Waals surface area (Å²) in [6, 6.07) is 0. The van der Waals surface area contributed by atoms with E-state index in [1.54, 1.807) is 11.8 Å². The van der Waals surface area contributed by atoms with Crippen molar-refractivity contribution in [3.8, 4) is 0 Å². The molecule has 0 aromatic rings. The van der Waals surface area contributed by atoms with E-state index in [4.69, 9.17) is 4.74 Å². The average Bonchev–Trinajstić information content (AvgIpc) is 2.03. The van der Waals surface area contributed by atoms with Gasteiger partial charge in [0, 0.05) is 17.6 Å². The van der Waals surface area contributed by atoms with E-state index in [1.165, 1.54) is 0 Å². The van der Waals surface area contributed by atoms with Crippen molar-refractivity contribution in [1.82, 2.24) is 0 Å². The molecule has 0 amide bonds. The molecule has 0 aromatic carbocycles. The zero-order valence-electron chi connectivity index (χ0n) is 7.83. The van der Waals surface area contributed by atoms with Gasteiger partial charge in [0.2, 0.25) is 0 Å². The van der Waals surface area contributed by atoms with Crippen LogP contribution < -0.4 is 0 Å². The Hall–Kier alpha value is -0.280. The van der Waals surface area contributed by atoms with Crippen molar-refractivity contribution in [3.05, 3.63) is 11.1 Å². The second-order valence-corrected chi connectivity index (χ2v) is 4.75.